The van der Waals surface area contributed by atoms with E-state index in [4.69, 9.17) is 4.52 Å². The van der Waals surface area contributed by atoms with Crippen LogP contribution in [0, 0.1) is 13.8 Å². The van der Waals surface area contributed by atoms with E-state index in [1.807, 2.05) is 13.8 Å². The molecule has 20 heavy (non-hydrogen) atoms. The fourth-order valence-electron chi connectivity index (χ4n) is 1.96. The van der Waals surface area contributed by atoms with Gasteiger partial charge in [0.15, 0.2) is 0 Å². The van der Waals surface area contributed by atoms with Crippen molar-refractivity contribution < 1.29 is 9.32 Å². The number of hydrogen-bond acceptors (Lipinski definition) is 4. The van der Waals surface area contributed by atoms with Crippen molar-refractivity contribution in [1.82, 2.24) is 15.5 Å². The van der Waals surface area contributed by atoms with Crippen LogP contribution in [0.15, 0.2) is 27.3 Å². The zero-order valence-electron chi connectivity index (χ0n) is 11.4. The van der Waals surface area contributed by atoms with Crippen LogP contribution in [0.4, 0.5) is 0 Å². The van der Waals surface area contributed by atoms with Crippen LogP contribution >= 0.6 is 15.9 Å². The van der Waals surface area contributed by atoms with E-state index in [9.17, 15) is 4.79 Å². The van der Waals surface area contributed by atoms with E-state index in [1.54, 1.807) is 18.3 Å². The topological polar surface area (TPSA) is 68.0 Å². The fraction of sp³-hybridized carbons (Fsp3) is 0.357. The van der Waals surface area contributed by atoms with E-state index < -0.39 is 0 Å². The molecule has 0 fully saturated rings. The molecule has 0 atom stereocenters. The largest absolute Gasteiger partial charge is 0.361 e. The molecule has 0 spiro atoms. The normalized spacial score (nSPS) is 10.6. The monoisotopic (exact) mass is 337 g/mol. The first-order valence-corrected chi connectivity index (χ1v) is 7.19. The van der Waals surface area contributed by atoms with Gasteiger partial charge >= 0.3 is 0 Å². The Kier molecular flexibility index (Phi) is 4.89. The fourth-order valence-corrected chi connectivity index (χ4v) is 2.40. The molecule has 2 aromatic rings. The smallest absolute Gasteiger partial charge is 0.271 e. The molecule has 2 aromatic heterocycles. The van der Waals surface area contributed by atoms with E-state index in [2.05, 4.69) is 31.4 Å². The molecule has 2 heterocycles. The number of carbonyl (C=O) groups is 1. The molecule has 0 aliphatic heterocycles. The third-order valence-corrected chi connectivity index (χ3v) is 3.68. The highest BCUT2D eigenvalue weighted by atomic mass is 79.9. The molecule has 2 rings (SSSR count). The predicted octanol–water partition coefficient (Wildman–Crippen LogP) is 2.81. The number of nitrogens with one attached hydrogen (secondary N) is 1. The van der Waals surface area contributed by atoms with Crippen molar-refractivity contribution in [2.45, 2.75) is 26.7 Å². The van der Waals surface area contributed by atoms with Gasteiger partial charge in [0.25, 0.3) is 5.91 Å². The molecule has 0 aromatic carbocycles. The van der Waals surface area contributed by atoms with Crippen LogP contribution in [0.1, 0.15) is 33.9 Å². The lowest BCUT2D eigenvalue weighted by Crippen LogP contribution is -2.26. The summed E-state index contributed by atoms with van der Waals surface area (Å²) in [5.41, 5.74) is 2.45. The number of aryl methyl sites for hydroxylation is 2. The van der Waals surface area contributed by atoms with Crippen molar-refractivity contribution >= 4 is 21.8 Å². The number of pyridine rings is 1. The number of carbonyl (C=O) groups excluding carboxylic acids is 1. The third kappa shape index (κ3) is 3.45. The summed E-state index contributed by atoms with van der Waals surface area (Å²) in [6.45, 7) is 4.42. The number of hydrogen-bond donors (Lipinski definition) is 1. The Hall–Kier alpha value is -1.69. The highest BCUT2D eigenvalue weighted by Crippen LogP contribution is 2.14. The molecule has 1 N–H and O–H groups in total. The van der Waals surface area contributed by atoms with Gasteiger partial charge in [-0.3, -0.25) is 4.79 Å². The van der Waals surface area contributed by atoms with Gasteiger partial charge in [0.05, 0.1) is 5.69 Å². The van der Waals surface area contributed by atoms with E-state index in [-0.39, 0.29) is 5.91 Å². The number of halogens is 1. The van der Waals surface area contributed by atoms with Gasteiger partial charge in [-0.15, -0.1) is 0 Å². The summed E-state index contributed by atoms with van der Waals surface area (Å²) >= 11 is 3.31. The average Bonchev–Trinajstić information content (AvgIpc) is 2.75. The zero-order chi connectivity index (χ0) is 14.5. The highest BCUT2D eigenvalue weighted by Gasteiger charge is 2.11. The zero-order valence-corrected chi connectivity index (χ0v) is 13.0. The van der Waals surface area contributed by atoms with Gasteiger partial charge in [-0.25, -0.2) is 4.98 Å². The third-order valence-electron chi connectivity index (χ3n) is 3.04. The molecule has 0 saturated carbocycles. The van der Waals surface area contributed by atoms with E-state index >= 15 is 0 Å². The maximum atomic E-state index is 11.9. The van der Waals surface area contributed by atoms with Crippen molar-refractivity contribution in [2.24, 2.45) is 0 Å². The lowest BCUT2D eigenvalue weighted by molar-refractivity contribution is 0.0947. The Labute approximate surface area is 125 Å². The minimum Gasteiger partial charge on any atom is -0.361 e. The summed E-state index contributed by atoms with van der Waals surface area (Å²) in [6, 6.07) is 3.57. The lowest BCUT2D eigenvalue weighted by atomic mass is 10.1. The van der Waals surface area contributed by atoms with Crippen molar-refractivity contribution in [3.8, 4) is 0 Å². The highest BCUT2D eigenvalue weighted by molar-refractivity contribution is 9.10. The van der Waals surface area contributed by atoms with Crippen LogP contribution in [0.5, 0.6) is 0 Å². The number of nitrogens with zero attached hydrogens (tertiary/aromatic N) is 2. The molecule has 0 radical (unpaired) electrons. The second-order valence-electron chi connectivity index (χ2n) is 4.50. The van der Waals surface area contributed by atoms with Gasteiger partial charge in [0.2, 0.25) is 0 Å². The maximum Gasteiger partial charge on any atom is 0.271 e. The average molecular weight is 338 g/mol. The van der Waals surface area contributed by atoms with Gasteiger partial charge in [-0.05, 0) is 54.8 Å². The minimum atomic E-state index is -0.170. The summed E-state index contributed by atoms with van der Waals surface area (Å²) in [7, 11) is 0. The first-order chi connectivity index (χ1) is 9.59. The molecule has 0 aliphatic rings. The molecule has 0 saturated heterocycles. The Bertz CT molecular complexity index is 591. The van der Waals surface area contributed by atoms with Crippen LogP contribution < -0.4 is 5.32 Å². The van der Waals surface area contributed by atoms with Gasteiger partial charge in [0.1, 0.15) is 11.5 Å². The molecule has 5 nitrogen and oxygen atoms in total. The Morgan fingerprint density at radius 1 is 1.45 bits per heavy atom. The number of rotatable bonds is 5. The van der Waals surface area contributed by atoms with Gasteiger partial charge in [-0.2, -0.15) is 0 Å². The summed E-state index contributed by atoms with van der Waals surface area (Å²) in [5.74, 6) is 0.678. The molecule has 6 heteroatoms. The minimum absolute atomic E-state index is 0.170. The summed E-state index contributed by atoms with van der Waals surface area (Å²) < 4.78 is 5.80. The molecule has 106 valence electrons. The first kappa shape index (κ1) is 14.7. The number of amides is 1. The summed E-state index contributed by atoms with van der Waals surface area (Å²) in [6.07, 6.45) is 3.27. The van der Waals surface area contributed by atoms with Crippen LogP contribution in [0.2, 0.25) is 0 Å². The second kappa shape index (κ2) is 6.65. The van der Waals surface area contributed by atoms with Crippen LogP contribution in [-0.2, 0) is 6.42 Å². The summed E-state index contributed by atoms with van der Waals surface area (Å²) in [4.78, 5) is 16.0. The molecular weight excluding hydrogens is 322 g/mol. The maximum absolute atomic E-state index is 11.9. The van der Waals surface area contributed by atoms with Crippen LogP contribution in [0.3, 0.4) is 0 Å². The second-order valence-corrected chi connectivity index (χ2v) is 5.35. The quantitative estimate of drug-likeness (QED) is 0.852. The van der Waals surface area contributed by atoms with Crippen molar-refractivity contribution in [3.63, 3.8) is 0 Å². The van der Waals surface area contributed by atoms with Gasteiger partial charge in [0, 0.05) is 22.8 Å². The number of aromatic nitrogens is 2. The van der Waals surface area contributed by atoms with Crippen molar-refractivity contribution in [1.29, 1.82) is 0 Å². The van der Waals surface area contributed by atoms with Crippen molar-refractivity contribution in [2.75, 3.05) is 6.54 Å². The van der Waals surface area contributed by atoms with Crippen LogP contribution in [-0.4, -0.2) is 22.6 Å². The standard InChI is InChI=1S/C14H16BrN3O2/c1-9-11(10(2)20-18-9)5-3-8-17-14(19)13-12(15)6-4-7-16-13/h4,6-7H,3,5,8H2,1-2H3,(H,17,19). The van der Waals surface area contributed by atoms with Gasteiger partial charge < -0.3 is 9.84 Å². The molecule has 0 aliphatic carbocycles. The Balaban J connectivity index is 1.82. The lowest BCUT2D eigenvalue weighted by Gasteiger charge is -2.05. The van der Waals surface area contributed by atoms with E-state index in [0.29, 0.717) is 16.7 Å². The Morgan fingerprint density at radius 2 is 2.25 bits per heavy atom. The molecule has 1 amide bonds. The molecule has 0 unspecified atom stereocenters. The Morgan fingerprint density at radius 3 is 2.90 bits per heavy atom. The molecular formula is C14H16BrN3O2. The summed E-state index contributed by atoms with van der Waals surface area (Å²) in [5, 5.41) is 6.77. The molecule has 0 bridgehead atoms. The van der Waals surface area contributed by atoms with Crippen molar-refractivity contribution in [3.05, 3.63) is 45.5 Å². The predicted molar refractivity (Wildman–Crippen MR) is 78.6 cm³/mol. The first-order valence-electron chi connectivity index (χ1n) is 6.40. The van der Waals surface area contributed by atoms with E-state index in [1.165, 1.54) is 0 Å². The van der Waals surface area contributed by atoms with E-state index in [0.717, 1.165) is 29.9 Å². The van der Waals surface area contributed by atoms with Crippen LogP contribution in [0.25, 0.3) is 0 Å². The van der Waals surface area contributed by atoms with Gasteiger partial charge in [-0.1, -0.05) is 5.16 Å². The SMILES string of the molecule is Cc1noc(C)c1CCCNC(=O)c1ncccc1Br.